The number of rotatable bonds is 7. The van der Waals surface area contributed by atoms with Gasteiger partial charge in [-0.15, -0.1) is 0 Å². The van der Waals surface area contributed by atoms with Gasteiger partial charge in [0.2, 0.25) is 0 Å². The van der Waals surface area contributed by atoms with Gasteiger partial charge in [0.15, 0.2) is 0 Å². The Morgan fingerprint density at radius 2 is 2.00 bits per heavy atom. The van der Waals surface area contributed by atoms with Gasteiger partial charge in [0.1, 0.15) is 0 Å². The molecule has 0 aromatic heterocycles. The van der Waals surface area contributed by atoms with Crippen LogP contribution in [0.25, 0.3) is 0 Å². The number of methoxy groups -OCH3 is 1. The van der Waals surface area contributed by atoms with Gasteiger partial charge in [-0.2, -0.15) is 0 Å². The van der Waals surface area contributed by atoms with Crippen LogP contribution in [0.3, 0.4) is 0 Å². The highest BCUT2D eigenvalue weighted by molar-refractivity contribution is 4.66. The molecule has 1 N–H and O–H groups in total. The van der Waals surface area contributed by atoms with Crippen molar-refractivity contribution in [3.63, 3.8) is 0 Å². The molecule has 2 atom stereocenters. The minimum absolute atomic E-state index is 0.205. The molecule has 0 radical (unpaired) electrons. The third-order valence-corrected chi connectivity index (χ3v) is 2.27. The highest BCUT2D eigenvalue weighted by Gasteiger charge is 2.11. The van der Waals surface area contributed by atoms with E-state index >= 15 is 0 Å². The minimum atomic E-state index is -0.205. The Morgan fingerprint density at radius 3 is 2.38 bits per heavy atom. The molecule has 13 heavy (non-hydrogen) atoms. The lowest BCUT2D eigenvalue weighted by molar-refractivity contribution is 0.0877. The average Bonchev–Trinajstić information content (AvgIpc) is 2.05. The maximum atomic E-state index is 9.15. The number of hydrogen-bond donors (Lipinski definition) is 1. The van der Waals surface area contributed by atoms with E-state index in [-0.39, 0.29) is 6.10 Å². The second-order valence-corrected chi connectivity index (χ2v) is 3.57. The van der Waals surface area contributed by atoms with Crippen LogP contribution in [0.4, 0.5) is 0 Å². The number of nitrogens with zero attached hydrogens (tertiary/aromatic N) is 1. The molecule has 0 aliphatic rings. The second-order valence-electron chi connectivity index (χ2n) is 3.57. The Bertz CT molecular complexity index is 117. The average molecular weight is 189 g/mol. The van der Waals surface area contributed by atoms with Crippen LogP contribution in [0.5, 0.6) is 0 Å². The summed E-state index contributed by atoms with van der Waals surface area (Å²) in [6.07, 6.45) is 0.630. The van der Waals surface area contributed by atoms with E-state index in [0.717, 1.165) is 26.1 Å². The Morgan fingerprint density at radius 1 is 1.38 bits per heavy atom. The van der Waals surface area contributed by atoms with Crippen LogP contribution in [0.15, 0.2) is 0 Å². The van der Waals surface area contributed by atoms with Crippen molar-refractivity contribution < 1.29 is 9.84 Å². The van der Waals surface area contributed by atoms with Crippen LogP contribution >= 0.6 is 0 Å². The topological polar surface area (TPSA) is 32.7 Å². The van der Waals surface area contributed by atoms with Gasteiger partial charge in [0, 0.05) is 19.7 Å². The van der Waals surface area contributed by atoms with E-state index in [4.69, 9.17) is 9.84 Å². The summed E-state index contributed by atoms with van der Waals surface area (Å²) in [5.74, 6) is 0. The highest BCUT2D eigenvalue weighted by atomic mass is 16.5. The zero-order chi connectivity index (χ0) is 10.3. The first-order valence-corrected chi connectivity index (χ1v) is 5.02. The summed E-state index contributed by atoms with van der Waals surface area (Å²) in [5.41, 5.74) is 0. The Kier molecular flexibility index (Phi) is 7.23. The molecule has 0 aliphatic carbocycles. The van der Waals surface area contributed by atoms with E-state index < -0.39 is 0 Å². The monoisotopic (exact) mass is 189 g/mol. The maximum Gasteiger partial charge on any atom is 0.0615 e. The molecule has 0 amide bonds. The molecule has 3 heteroatoms. The first-order valence-electron chi connectivity index (χ1n) is 5.02. The maximum absolute atomic E-state index is 9.15. The molecule has 0 saturated carbocycles. The smallest absolute Gasteiger partial charge is 0.0615 e. The third-order valence-electron chi connectivity index (χ3n) is 2.27. The fourth-order valence-electron chi connectivity index (χ4n) is 1.39. The van der Waals surface area contributed by atoms with E-state index in [1.165, 1.54) is 0 Å². The van der Waals surface area contributed by atoms with E-state index in [2.05, 4.69) is 18.7 Å². The summed E-state index contributed by atoms with van der Waals surface area (Å²) in [6, 6.07) is 0.439. The standard InChI is InChI=1S/C10H23NO2/c1-5-11(7-6-10(3)12)9(2)8-13-4/h9-10,12H,5-8H2,1-4H3. The third kappa shape index (κ3) is 6.02. The van der Waals surface area contributed by atoms with Gasteiger partial charge in [-0.1, -0.05) is 6.92 Å². The molecule has 2 unspecified atom stereocenters. The lowest BCUT2D eigenvalue weighted by Crippen LogP contribution is -2.37. The zero-order valence-corrected chi connectivity index (χ0v) is 9.29. The zero-order valence-electron chi connectivity index (χ0n) is 9.29. The number of aliphatic hydroxyl groups is 1. The number of aliphatic hydroxyl groups excluding tert-OH is 1. The molecular weight excluding hydrogens is 166 g/mol. The molecule has 0 rings (SSSR count). The van der Waals surface area contributed by atoms with Crippen LogP contribution in [0.2, 0.25) is 0 Å². The van der Waals surface area contributed by atoms with Crippen molar-refractivity contribution in [3.8, 4) is 0 Å². The molecule has 0 heterocycles. The van der Waals surface area contributed by atoms with Gasteiger partial charge in [0.25, 0.3) is 0 Å². The quantitative estimate of drug-likeness (QED) is 0.651. The fraction of sp³-hybridized carbons (Fsp3) is 1.00. The Balaban J connectivity index is 3.73. The predicted octanol–water partition coefficient (Wildman–Crippen LogP) is 1.11. The van der Waals surface area contributed by atoms with Gasteiger partial charge in [0.05, 0.1) is 12.7 Å². The minimum Gasteiger partial charge on any atom is -0.393 e. The molecule has 3 nitrogen and oxygen atoms in total. The van der Waals surface area contributed by atoms with Gasteiger partial charge >= 0.3 is 0 Å². The summed E-state index contributed by atoms with van der Waals surface area (Å²) in [4.78, 5) is 2.32. The van der Waals surface area contributed by atoms with Crippen LogP contribution in [-0.4, -0.2) is 49.0 Å². The highest BCUT2D eigenvalue weighted by Crippen LogP contribution is 2.02. The normalized spacial score (nSPS) is 16.2. The summed E-state index contributed by atoms with van der Waals surface area (Å²) in [7, 11) is 1.72. The predicted molar refractivity (Wildman–Crippen MR) is 54.9 cm³/mol. The second kappa shape index (κ2) is 7.30. The molecule has 0 fully saturated rings. The largest absolute Gasteiger partial charge is 0.393 e. The molecule has 0 aliphatic heterocycles. The van der Waals surface area contributed by atoms with Crippen molar-refractivity contribution in [2.24, 2.45) is 0 Å². The molecule has 0 bridgehead atoms. The SMILES string of the molecule is CCN(CCC(C)O)C(C)COC. The first kappa shape index (κ1) is 12.9. The van der Waals surface area contributed by atoms with Gasteiger partial charge in [-0.05, 0) is 26.8 Å². The number of likely N-dealkylation sites (N-methyl/N-ethyl adjacent to an activating group) is 1. The van der Waals surface area contributed by atoms with E-state index in [0.29, 0.717) is 6.04 Å². The summed E-state index contributed by atoms with van der Waals surface area (Å²) < 4.78 is 5.09. The van der Waals surface area contributed by atoms with Crippen molar-refractivity contribution >= 4 is 0 Å². The Hall–Kier alpha value is -0.120. The van der Waals surface area contributed by atoms with Crippen molar-refractivity contribution in [1.82, 2.24) is 4.90 Å². The summed E-state index contributed by atoms with van der Waals surface area (Å²) in [5, 5.41) is 9.15. The van der Waals surface area contributed by atoms with Crippen molar-refractivity contribution in [3.05, 3.63) is 0 Å². The molecular formula is C10H23NO2. The molecule has 0 saturated heterocycles. The van der Waals surface area contributed by atoms with Crippen LogP contribution in [0, 0.1) is 0 Å². The van der Waals surface area contributed by atoms with E-state index in [1.54, 1.807) is 7.11 Å². The van der Waals surface area contributed by atoms with Crippen molar-refractivity contribution in [1.29, 1.82) is 0 Å². The summed E-state index contributed by atoms with van der Waals surface area (Å²) >= 11 is 0. The number of ether oxygens (including phenoxy) is 1. The van der Waals surface area contributed by atoms with E-state index in [9.17, 15) is 0 Å². The lowest BCUT2D eigenvalue weighted by Gasteiger charge is -2.27. The van der Waals surface area contributed by atoms with Crippen LogP contribution < -0.4 is 0 Å². The Labute approximate surface area is 81.7 Å². The van der Waals surface area contributed by atoms with Gasteiger partial charge in [-0.25, -0.2) is 0 Å². The molecule has 0 aromatic rings. The van der Waals surface area contributed by atoms with Gasteiger partial charge in [-0.3, -0.25) is 4.90 Å². The van der Waals surface area contributed by atoms with Crippen LogP contribution in [0.1, 0.15) is 27.2 Å². The van der Waals surface area contributed by atoms with E-state index in [1.807, 2.05) is 6.92 Å². The molecule has 80 valence electrons. The first-order chi connectivity index (χ1) is 6.11. The van der Waals surface area contributed by atoms with Crippen LogP contribution in [-0.2, 0) is 4.74 Å². The van der Waals surface area contributed by atoms with Crippen molar-refractivity contribution in [2.45, 2.75) is 39.3 Å². The fourth-order valence-corrected chi connectivity index (χ4v) is 1.39. The summed E-state index contributed by atoms with van der Waals surface area (Å²) in [6.45, 7) is 8.82. The lowest BCUT2D eigenvalue weighted by atomic mass is 10.2. The van der Waals surface area contributed by atoms with Crippen molar-refractivity contribution in [2.75, 3.05) is 26.8 Å². The molecule has 0 spiro atoms. The number of hydrogen-bond acceptors (Lipinski definition) is 3. The van der Waals surface area contributed by atoms with Gasteiger partial charge < -0.3 is 9.84 Å². The molecule has 0 aromatic carbocycles.